The van der Waals surface area contributed by atoms with Gasteiger partial charge < -0.3 is 14.6 Å². The van der Waals surface area contributed by atoms with Crippen molar-refractivity contribution in [3.8, 4) is 5.75 Å². The van der Waals surface area contributed by atoms with Gasteiger partial charge in [-0.25, -0.2) is 0 Å². The number of carboxylic acid groups (broad SMARTS) is 1. The first-order valence-electron chi connectivity index (χ1n) is 7.14. The van der Waals surface area contributed by atoms with Crippen LogP contribution in [0.1, 0.15) is 25.8 Å². The largest absolute Gasteiger partial charge is 0.548 e. The summed E-state index contributed by atoms with van der Waals surface area (Å²) in [5, 5.41) is 11.0. The third kappa shape index (κ3) is 4.11. The first-order valence-corrected chi connectivity index (χ1v) is 8.37. The van der Waals surface area contributed by atoms with Gasteiger partial charge in [0, 0.05) is 0 Å². The fourth-order valence-electron chi connectivity index (χ4n) is 1.95. The van der Waals surface area contributed by atoms with Gasteiger partial charge in [-0.1, -0.05) is 43.0 Å². The average molecular weight is 350 g/mol. The molecule has 1 aliphatic rings. The number of carbonyl (C=O) groups is 2. The molecule has 1 heterocycles. The number of aliphatic carboxylic acids is 1. The molecule has 1 aliphatic heterocycles. The van der Waals surface area contributed by atoms with Gasteiger partial charge in [0.2, 0.25) is 0 Å². The molecule has 1 amide bonds. The number of thiocarbonyl (C=S) groups is 1. The second kappa shape index (κ2) is 7.61. The molecule has 0 bridgehead atoms. The highest BCUT2D eigenvalue weighted by Crippen LogP contribution is 2.34. The van der Waals surface area contributed by atoms with Crippen LogP contribution in [-0.2, 0) is 9.59 Å². The molecule has 1 saturated heterocycles. The zero-order valence-electron chi connectivity index (χ0n) is 12.8. The Morgan fingerprint density at radius 2 is 2.09 bits per heavy atom. The first kappa shape index (κ1) is 17.5. The molecule has 0 N–H and O–H groups in total. The Balaban J connectivity index is 2.15. The molecule has 2 rings (SSSR count). The van der Waals surface area contributed by atoms with E-state index in [1.807, 2.05) is 31.2 Å². The third-order valence-corrected chi connectivity index (χ3v) is 4.53. The van der Waals surface area contributed by atoms with Crippen LogP contribution in [0.25, 0.3) is 6.08 Å². The number of carboxylic acids is 1. The molecule has 0 radical (unpaired) electrons. The number of nitrogens with zero attached hydrogens (tertiary/aromatic N) is 1. The van der Waals surface area contributed by atoms with Crippen LogP contribution >= 0.6 is 24.0 Å². The van der Waals surface area contributed by atoms with Crippen LogP contribution in [0.15, 0.2) is 29.2 Å². The average Bonchev–Trinajstić information content (AvgIpc) is 2.80. The van der Waals surface area contributed by atoms with Gasteiger partial charge >= 0.3 is 0 Å². The number of ether oxygens (including phenoxy) is 1. The fraction of sp³-hybridized carbons (Fsp3) is 0.312. The summed E-state index contributed by atoms with van der Waals surface area (Å²) >= 11 is 6.18. The molecule has 0 spiro atoms. The van der Waals surface area contributed by atoms with E-state index < -0.39 is 17.9 Å². The lowest BCUT2D eigenvalue weighted by molar-refractivity contribution is -0.309. The summed E-state index contributed by atoms with van der Waals surface area (Å²) in [5.41, 5.74) is 0.815. The quantitative estimate of drug-likeness (QED) is 0.576. The van der Waals surface area contributed by atoms with E-state index in [1.165, 1.54) is 6.92 Å². The predicted molar refractivity (Wildman–Crippen MR) is 91.7 cm³/mol. The third-order valence-electron chi connectivity index (χ3n) is 3.20. The molecule has 0 unspecified atom stereocenters. The SMILES string of the molecule is CCCOc1ccc(/C=C2\SC(=S)N([C@@H](C)C(=O)[O-])C2=O)cc1. The highest BCUT2D eigenvalue weighted by molar-refractivity contribution is 8.26. The second-order valence-electron chi connectivity index (χ2n) is 4.96. The summed E-state index contributed by atoms with van der Waals surface area (Å²) in [6, 6.07) is 6.23. The summed E-state index contributed by atoms with van der Waals surface area (Å²) in [6.07, 6.45) is 2.62. The van der Waals surface area contributed by atoms with E-state index in [9.17, 15) is 14.7 Å². The van der Waals surface area contributed by atoms with Gasteiger partial charge in [0.05, 0.1) is 23.5 Å². The molecular formula is C16H16NO4S2-. The van der Waals surface area contributed by atoms with Crippen molar-refractivity contribution in [1.82, 2.24) is 4.90 Å². The lowest BCUT2D eigenvalue weighted by Crippen LogP contribution is -2.48. The molecule has 1 atom stereocenters. The van der Waals surface area contributed by atoms with E-state index in [-0.39, 0.29) is 4.32 Å². The summed E-state index contributed by atoms with van der Waals surface area (Å²) < 4.78 is 5.72. The first-order chi connectivity index (χ1) is 10.9. The number of benzene rings is 1. The molecule has 1 aromatic carbocycles. The van der Waals surface area contributed by atoms with E-state index in [2.05, 4.69) is 0 Å². The molecule has 0 aliphatic carbocycles. The number of carbonyl (C=O) groups excluding carboxylic acids is 2. The van der Waals surface area contributed by atoms with Gasteiger partial charge in [-0.3, -0.25) is 9.69 Å². The van der Waals surface area contributed by atoms with Crippen molar-refractivity contribution < 1.29 is 19.4 Å². The molecule has 7 heteroatoms. The molecule has 1 aromatic rings. The lowest BCUT2D eigenvalue weighted by Gasteiger charge is -2.23. The Bertz CT molecular complexity index is 655. The van der Waals surface area contributed by atoms with E-state index in [1.54, 1.807) is 6.08 Å². The molecular weight excluding hydrogens is 334 g/mol. The summed E-state index contributed by atoms with van der Waals surface area (Å²) in [7, 11) is 0. The Morgan fingerprint density at radius 1 is 1.43 bits per heavy atom. The minimum Gasteiger partial charge on any atom is -0.548 e. The highest BCUT2D eigenvalue weighted by Gasteiger charge is 2.35. The maximum atomic E-state index is 12.3. The van der Waals surface area contributed by atoms with Crippen molar-refractivity contribution in [2.45, 2.75) is 26.3 Å². The van der Waals surface area contributed by atoms with Crippen molar-refractivity contribution in [3.05, 3.63) is 34.7 Å². The Labute approximate surface area is 144 Å². The number of hydrogen-bond acceptors (Lipinski definition) is 6. The molecule has 5 nitrogen and oxygen atoms in total. The highest BCUT2D eigenvalue weighted by atomic mass is 32.2. The van der Waals surface area contributed by atoms with Crippen LogP contribution in [0.4, 0.5) is 0 Å². The minimum atomic E-state index is -1.33. The van der Waals surface area contributed by atoms with Crippen LogP contribution < -0.4 is 9.84 Å². The van der Waals surface area contributed by atoms with E-state index in [4.69, 9.17) is 17.0 Å². The smallest absolute Gasteiger partial charge is 0.266 e. The predicted octanol–water partition coefficient (Wildman–Crippen LogP) is 1.81. The van der Waals surface area contributed by atoms with Crippen molar-refractivity contribution in [1.29, 1.82) is 0 Å². The van der Waals surface area contributed by atoms with Crippen LogP contribution in [-0.4, -0.2) is 33.7 Å². The topological polar surface area (TPSA) is 69.7 Å². The van der Waals surface area contributed by atoms with Crippen LogP contribution in [0.3, 0.4) is 0 Å². The monoisotopic (exact) mass is 350 g/mol. The van der Waals surface area contributed by atoms with Gasteiger partial charge in [0.1, 0.15) is 10.1 Å². The molecule has 1 fully saturated rings. The van der Waals surface area contributed by atoms with Gasteiger partial charge in [-0.15, -0.1) is 0 Å². The lowest BCUT2D eigenvalue weighted by atomic mass is 10.2. The molecule has 23 heavy (non-hydrogen) atoms. The van der Waals surface area contributed by atoms with Crippen molar-refractivity contribution in [2.24, 2.45) is 0 Å². The summed E-state index contributed by atoms with van der Waals surface area (Å²) in [5.74, 6) is -0.981. The maximum Gasteiger partial charge on any atom is 0.266 e. The molecule has 0 aromatic heterocycles. The summed E-state index contributed by atoms with van der Waals surface area (Å²) in [6.45, 7) is 4.06. The summed E-state index contributed by atoms with van der Waals surface area (Å²) in [4.78, 5) is 24.7. The van der Waals surface area contributed by atoms with Gasteiger partial charge in [-0.05, 0) is 37.1 Å². The van der Waals surface area contributed by atoms with Crippen molar-refractivity contribution in [3.63, 3.8) is 0 Å². The van der Waals surface area contributed by atoms with Crippen LogP contribution in [0.2, 0.25) is 0 Å². The second-order valence-corrected chi connectivity index (χ2v) is 6.64. The fourth-order valence-corrected chi connectivity index (χ4v) is 3.37. The van der Waals surface area contributed by atoms with Crippen LogP contribution in [0, 0.1) is 0 Å². The zero-order chi connectivity index (χ0) is 17.0. The number of hydrogen-bond donors (Lipinski definition) is 0. The minimum absolute atomic E-state index is 0.223. The van der Waals surface area contributed by atoms with Crippen molar-refractivity contribution >= 4 is 46.3 Å². The van der Waals surface area contributed by atoms with E-state index in [0.717, 1.165) is 34.4 Å². The number of rotatable bonds is 6. The molecule has 122 valence electrons. The van der Waals surface area contributed by atoms with Gasteiger partial charge in [-0.2, -0.15) is 0 Å². The molecule has 0 saturated carbocycles. The van der Waals surface area contributed by atoms with Gasteiger partial charge in [0.15, 0.2) is 0 Å². The Kier molecular flexibility index (Phi) is 5.79. The maximum absolute atomic E-state index is 12.3. The number of amides is 1. The Hall–Kier alpha value is -1.86. The van der Waals surface area contributed by atoms with Gasteiger partial charge in [0.25, 0.3) is 5.91 Å². The van der Waals surface area contributed by atoms with Crippen molar-refractivity contribution in [2.75, 3.05) is 6.61 Å². The van der Waals surface area contributed by atoms with E-state index in [0.29, 0.717) is 11.5 Å². The normalized spacial score (nSPS) is 17.7. The number of thioether (sulfide) groups is 1. The Morgan fingerprint density at radius 3 is 2.65 bits per heavy atom. The standard InChI is InChI=1S/C16H17NO4S2/c1-3-8-21-12-6-4-11(5-7-12)9-13-14(18)17(16(22)23-13)10(2)15(19)20/h4-7,9-10H,3,8H2,1-2H3,(H,19,20)/p-1/b13-9-/t10-/m0/s1. The van der Waals surface area contributed by atoms with Crippen LogP contribution in [0.5, 0.6) is 5.75 Å². The zero-order valence-corrected chi connectivity index (χ0v) is 14.4. The van der Waals surface area contributed by atoms with E-state index >= 15 is 0 Å².